The second-order valence-corrected chi connectivity index (χ2v) is 7.59. The Morgan fingerprint density at radius 3 is 2.26 bits per heavy atom. The summed E-state index contributed by atoms with van der Waals surface area (Å²) in [7, 11) is 3.18. The number of carbonyl (C=O) groups is 1. The van der Waals surface area contributed by atoms with E-state index in [4.69, 9.17) is 14.2 Å². The maximum Gasteiger partial charge on any atom is 0.235 e. The maximum atomic E-state index is 13.4. The van der Waals surface area contributed by atoms with E-state index in [0.29, 0.717) is 37.6 Å². The molecule has 27 heavy (non-hydrogen) atoms. The Labute approximate surface area is 168 Å². The first-order valence-corrected chi connectivity index (χ1v) is 9.67. The molecule has 0 aromatic heterocycles. The molecule has 5 nitrogen and oxygen atoms in total. The molecule has 3 rings (SSSR count). The van der Waals surface area contributed by atoms with Crippen molar-refractivity contribution < 1.29 is 19.0 Å². The SMILES string of the molecule is COc1cc(C)c(NC(=O)C2(c3ccc(Br)cc3)CCOCC2)cc1OC. The highest BCUT2D eigenvalue weighted by Gasteiger charge is 2.41. The predicted octanol–water partition coefficient (Wildman–Crippen LogP) is 4.46. The summed E-state index contributed by atoms with van der Waals surface area (Å²) in [5, 5.41) is 3.12. The molecular formula is C21H24BrNO4. The van der Waals surface area contributed by atoms with Gasteiger partial charge in [0.2, 0.25) is 5.91 Å². The number of hydrogen-bond acceptors (Lipinski definition) is 4. The number of ether oxygens (including phenoxy) is 3. The summed E-state index contributed by atoms with van der Waals surface area (Å²) in [5.74, 6) is 1.20. The van der Waals surface area contributed by atoms with Gasteiger partial charge in [0.25, 0.3) is 0 Å². The van der Waals surface area contributed by atoms with Crippen molar-refractivity contribution in [3.05, 3.63) is 52.0 Å². The Hall–Kier alpha value is -2.05. The normalized spacial score (nSPS) is 15.9. The zero-order valence-electron chi connectivity index (χ0n) is 15.8. The number of hydrogen-bond donors (Lipinski definition) is 1. The van der Waals surface area contributed by atoms with Crippen LogP contribution in [0, 0.1) is 6.92 Å². The summed E-state index contributed by atoms with van der Waals surface area (Å²) in [6.45, 7) is 3.07. The molecule has 2 aromatic carbocycles. The molecule has 1 fully saturated rings. The molecule has 1 saturated heterocycles. The molecule has 144 valence electrons. The van der Waals surface area contributed by atoms with Crippen LogP contribution in [0.4, 0.5) is 5.69 Å². The molecule has 0 atom stereocenters. The van der Waals surface area contributed by atoms with Crippen LogP contribution in [0.3, 0.4) is 0 Å². The second kappa shape index (κ2) is 8.31. The van der Waals surface area contributed by atoms with E-state index < -0.39 is 5.41 Å². The Morgan fingerprint density at radius 1 is 1.07 bits per heavy atom. The van der Waals surface area contributed by atoms with E-state index in [2.05, 4.69) is 21.2 Å². The molecule has 0 bridgehead atoms. The highest BCUT2D eigenvalue weighted by atomic mass is 79.9. The Kier molecular flexibility index (Phi) is 6.07. The molecule has 0 saturated carbocycles. The average molecular weight is 434 g/mol. The topological polar surface area (TPSA) is 56.8 Å². The summed E-state index contributed by atoms with van der Waals surface area (Å²) < 4.78 is 17.2. The van der Waals surface area contributed by atoms with Crippen LogP contribution in [0.5, 0.6) is 11.5 Å². The van der Waals surface area contributed by atoms with E-state index in [-0.39, 0.29) is 5.91 Å². The van der Waals surface area contributed by atoms with E-state index in [1.807, 2.05) is 37.3 Å². The zero-order chi connectivity index (χ0) is 19.4. The van der Waals surface area contributed by atoms with Crippen LogP contribution in [0.15, 0.2) is 40.9 Å². The Morgan fingerprint density at radius 2 is 1.67 bits per heavy atom. The van der Waals surface area contributed by atoms with Crippen molar-refractivity contribution in [3.8, 4) is 11.5 Å². The summed E-state index contributed by atoms with van der Waals surface area (Å²) in [5.41, 5.74) is 2.03. The number of carbonyl (C=O) groups excluding carboxylic acids is 1. The molecule has 1 N–H and O–H groups in total. The minimum Gasteiger partial charge on any atom is -0.493 e. The van der Waals surface area contributed by atoms with Crippen molar-refractivity contribution >= 4 is 27.5 Å². The lowest BCUT2D eigenvalue weighted by Crippen LogP contribution is -2.45. The molecular weight excluding hydrogens is 410 g/mol. The number of aryl methyl sites for hydroxylation is 1. The molecule has 1 aliphatic heterocycles. The van der Waals surface area contributed by atoms with Crippen molar-refractivity contribution in [1.82, 2.24) is 0 Å². The van der Waals surface area contributed by atoms with Crippen LogP contribution in [-0.4, -0.2) is 33.3 Å². The lowest BCUT2D eigenvalue weighted by Gasteiger charge is -2.36. The van der Waals surface area contributed by atoms with Crippen LogP contribution in [0.2, 0.25) is 0 Å². The fraction of sp³-hybridized carbons (Fsp3) is 0.381. The van der Waals surface area contributed by atoms with E-state index in [1.54, 1.807) is 20.3 Å². The smallest absolute Gasteiger partial charge is 0.235 e. The molecule has 0 radical (unpaired) electrons. The van der Waals surface area contributed by atoms with Gasteiger partial charge in [0.15, 0.2) is 11.5 Å². The average Bonchev–Trinajstić information content (AvgIpc) is 2.70. The summed E-state index contributed by atoms with van der Waals surface area (Å²) in [6.07, 6.45) is 1.29. The lowest BCUT2D eigenvalue weighted by atomic mass is 9.73. The number of nitrogens with one attached hydrogen (secondary N) is 1. The zero-order valence-corrected chi connectivity index (χ0v) is 17.4. The van der Waals surface area contributed by atoms with E-state index in [1.165, 1.54) is 0 Å². The van der Waals surface area contributed by atoms with Gasteiger partial charge >= 0.3 is 0 Å². The number of amides is 1. The molecule has 0 spiro atoms. The van der Waals surface area contributed by atoms with Crippen LogP contribution in [0.25, 0.3) is 0 Å². The number of methoxy groups -OCH3 is 2. The van der Waals surface area contributed by atoms with Gasteiger partial charge in [-0.25, -0.2) is 0 Å². The molecule has 1 aliphatic rings. The number of anilines is 1. The first-order chi connectivity index (χ1) is 13.0. The van der Waals surface area contributed by atoms with Gasteiger partial charge in [-0.05, 0) is 49.1 Å². The molecule has 0 aliphatic carbocycles. The Balaban J connectivity index is 1.95. The van der Waals surface area contributed by atoms with Gasteiger partial charge in [-0.1, -0.05) is 28.1 Å². The monoisotopic (exact) mass is 433 g/mol. The van der Waals surface area contributed by atoms with E-state index in [0.717, 1.165) is 21.3 Å². The number of benzene rings is 2. The molecule has 1 heterocycles. The maximum absolute atomic E-state index is 13.4. The van der Waals surface area contributed by atoms with Gasteiger partial charge in [0.05, 0.1) is 19.6 Å². The number of rotatable bonds is 5. The van der Waals surface area contributed by atoms with Crippen molar-refractivity contribution in [2.45, 2.75) is 25.2 Å². The van der Waals surface area contributed by atoms with Crippen LogP contribution >= 0.6 is 15.9 Å². The minimum atomic E-state index is -0.613. The first-order valence-electron chi connectivity index (χ1n) is 8.88. The van der Waals surface area contributed by atoms with Crippen LogP contribution in [-0.2, 0) is 14.9 Å². The standard InChI is InChI=1S/C21H24BrNO4/c1-14-12-18(25-2)19(26-3)13-17(14)23-20(24)21(8-10-27-11-9-21)15-4-6-16(22)7-5-15/h4-7,12-13H,8-11H2,1-3H3,(H,23,24). The molecule has 6 heteroatoms. The van der Waals surface area contributed by atoms with Gasteiger partial charge in [0.1, 0.15) is 0 Å². The molecule has 2 aromatic rings. The Bertz CT molecular complexity index is 814. The van der Waals surface area contributed by atoms with Crippen molar-refractivity contribution in [2.75, 3.05) is 32.8 Å². The quantitative estimate of drug-likeness (QED) is 0.755. The van der Waals surface area contributed by atoms with Gasteiger partial charge < -0.3 is 19.5 Å². The van der Waals surface area contributed by atoms with Crippen molar-refractivity contribution in [3.63, 3.8) is 0 Å². The highest BCUT2D eigenvalue weighted by molar-refractivity contribution is 9.10. The summed E-state index contributed by atoms with van der Waals surface area (Å²) >= 11 is 3.47. The first kappa shape index (κ1) is 19.7. The molecule has 0 unspecified atom stereocenters. The third kappa shape index (κ3) is 3.96. The van der Waals surface area contributed by atoms with Gasteiger partial charge in [-0.2, -0.15) is 0 Å². The number of halogens is 1. The van der Waals surface area contributed by atoms with Crippen molar-refractivity contribution in [2.24, 2.45) is 0 Å². The fourth-order valence-corrected chi connectivity index (χ4v) is 3.76. The summed E-state index contributed by atoms with van der Waals surface area (Å²) in [6, 6.07) is 11.6. The van der Waals surface area contributed by atoms with Crippen LogP contribution in [0.1, 0.15) is 24.0 Å². The minimum absolute atomic E-state index is 0.0246. The van der Waals surface area contributed by atoms with E-state index in [9.17, 15) is 4.79 Å². The third-order valence-electron chi connectivity index (χ3n) is 5.16. The predicted molar refractivity (Wildman–Crippen MR) is 109 cm³/mol. The van der Waals surface area contributed by atoms with Crippen molar-refractivity contribution in [1.29, 1.82) is 0 Å². The van der Waals surface area contributed by atoms with E-state index >= 15 is 0 Å². The van der Waals surface area contributed by atoms with Gasteiger partial charge in [0, 0.05) is 29.4 Å². The molecule has 1 amide bonds. The second-order valence-electron chi connectivity index (χ2n) is 6.68. The van der Waals surface area contributed by atoms with Gasteiger partial charge in [-0.15, -0.1) is 0 Å². The van der Waals surface area contributed by atoms with Gasteiger partial charge in [-0.3, -0.25) is 4.79 Å². The lowest BCUT2D eigenvalue weighted by molar-refractivity contribution is -0.125. The van der Waals surface area contributed by atoms with Crippen LogP contribution < -0.4 is 14.8 Å². The third-order valence-corrected chi connectivity index (χ3v) is 5.69. The highest BCUT2D eigenvalue weighted by Crippen LogP contribution is 2.38. The largest absolute Gasteiger partial charge is 0.493 e. The fourth-order valence-electron chi connectivity index (χ4n) is 3.49. The summed E-state index contributed by atoms with van der Waals surface area (Å²) in [4.78, 5) is 13.4.